The van der Waals surface area contributed by atoms with Crippen LogP contribution in [0.15, 0.2) is 18.2 Å². The van der Waals surface area contributed by atoms with Crippen molar-refractivity contribution in [2.24, 2.45) is 5.92 Å². The first-order valence-electron chi connectivity index (χ1n) is 8.55. The third-order valence-electron chi connectivity index (χ3n) is 5.03. The number of nitrogens with one attached hydrogen (secondary N) is 2. The van der Waals surface area contributed by atoms with Crippen LogP contribution in [-0.2, 0) is 12.8 Å². The van der Waals surface area contributed by atoms with Crippen molar-refractivity contribution in [3.63, 3.8) is 0 Å². The van der Waals surface area contributed by atoms with Crippen LogP contribution in [0.5, 0.6) is 11.5 Å². The number of anilines is 1. The van der Waals surface area contributed by atoms with E-state index < -0.39 is 0 Å². The van der Waals surface area contributed by atoms with Crippen molar-refractivity contribution >= 4 is 22.2 Å². The first kappa shape index (κ1) is 16.3. The zero-order valence-corrected chi connectivity index (χ0v) is 15.5. The Bertz CT molecular complexity index is 830. The van der Waals surface area contributed by atoms with Crippen molar-refractivity contribution in [3.05, 3.63) is 39.8 Å². The van der Waals surface area contributed by atoms with Crippen molar-refractivity contribution in [1.82, 2.24) is 5.32 Å². The molecule has 1 aromatic heterocycles. The van der Waals surface area contributed by atoms with Crippen LogP contribution < -0.4 is 20.1 Å². The van der Waals surface area contributed by atoms with Crippen molar-refractivity contribution in [1.29, 1.82) is 0 Å². The second kappa shape index (κ2) is 6.26. The fourth-order valence-corrected chi connectivity index (χ4v) is 5.19. The molecule has 1 aromatic carbocycles. The number of rotatable bonds is 3. The molecule has 0 fully saturated rings. The van der Waals surface area contributed by atoms with E-state index >= 15 is 0 Å². The summed E-state index contributed by atoms with van der Waals surface area (Å²) >= 11 is 1.72. The minimum absolute atomic E-state index is 0.00400. The molecule has 0 spiro atoms. The molecule has 2 aliphatic rings. The van der Waals surface area contributed by atoms with E-state index in [1.165, 1.54) is 10.4 Å². The Labute approximate surface area is 151 Å². The first-order chi connectivity index (χ1) is 12.1. The van der Waals surface area contributed by atoms with Crippen LogP contribution in [0.1, 0.15) is 45.9 Å². The third-order valence-corrected chi connectivity index (χ3v) is 6.22. The minimum atomic E-state index is -0.331. The van der Waals surface area contributed by atoms with Gasteiger partial charge in [-0.2, -0.15) is 0 Å². The lowest BCUT2D eigenvalue weighted by molar-refractivity contribution is 0.0934. The highest BCUT2D eigenvalue weighted by Gasteiger charge is 2.34. The number of hydrogen-bond donors (Lipinski definition) is 2. The Morgan fingerprint density at radius 1 is 1.20 bits per heavy atom. The van der Waals surface area contributed by atoms with E-state index in [9.17, 15) is 4.79 Å². The normalized spacial score (nSPS) is 21.6. The number of ether oxygens (including phenoxy) is 2. The number of para-hydroxylation sites is 1. The summed E-state index contributed by atoms with van der Waals surface area (Å²) in [7, 11) is 3.23. The topological polar surface area (TPSA) is 59.6 Å². The van der Waals surface area contributed by atoms with Gasteiger partial charge in [0.15, 0.2) is 11.5 Å². The predicted molar refractivity (Wildman–Crippen MR) is 98.9 cm³/mol. The van der Waals surface area contributed by atoms with Crippen LogP contribution >= 0.6 is 11.3 Å². The molecule has 1 aliphatic carbocycles. The third kappa shape index (κ3) is 2.65. The molecule has 4 rings (SSSR count). The van der Waals surface area contributed by atoms with Gasteiger partial charge in [0.25, 0.3) is 5.91 Å². The van der Waals surface area contributed by atoms with E-state index in [2.05, 4.69) is 17.6 Å². The molecule has 132 valence electrons. The maximum absolute atomic E-state index is 12.8. The smallest absolute Gasteiger partial charge is 0.256 e. The number of carbonyl (C=O) groups excluding carboxylic acids is 1. The second-order valence-corrected chi connectivity index (χ2v) is 7.79. The molecule has 0 radical (unpaired) electrons. The quantitative estimate of drug-likeness (QED) is 0.877. The molecule has 0 saturated carbocycles. The first-order valence-corrected chi connectivity index (χ1v) is 9.36. The standard InChI is InChI=1S/C19H22N2O3S/c1-10-7-8-11-14(9-10)25-19-15(11)18(22)20-17(21-19)12-5-4-6-13(23-2)16(12)24-3/h4-6,10,17,21H,7-9H2,1-3H3,(H,20,22)/t10-,17-/m0/s1. The number of benzene rings is 1. The average molecular weight is 358 g/mol. The van der Waals surface area contributed by atoms with Crippen LogP contribution in [0.3, 0.4) is 0 Å². The molecule has 5 nitrogen and oxygen atoms in total. The highest BCUT2D eigenvalue weighted by Crippen LogP contribution is 2.44. The summed E-state index contributed by atoms with van der Waals surface area (Å²) in [5.41, 5.74) is 2.93. The summed E-state index contributed by atoms with van der Waals surface area (Å²) in [6, 6.07) is 5.70. The summed E-state index contributed by atoms with van der Waals surface area (Å²) in [6.07, 6.45) is 2.87. The van der Waals surface area contributed by atoms with Crippen LogP contribution in [-0.4, -0.2) is 20.1 Å². The van der Waals surface area contributed by atoms with E-state index in [1.54, 1.807) is 25.6 Å². The summed E-state index contributed by atoms with van der Waals surface area (Å²) in [4.78, 5) is 14.2. The number of carbonyl (C=O) groups is 1. The lowest BCUT2D eigenvalue weighted by Gasteiger charge is -2.28. The Balaban J connectivity index is 1.72. The Morgan fingerprint density at radius 3 is 2.80 bits per heavy atom. The van der Waals surface area contributed by atoms with Gasteiger partial charge in [-0.15, -0.1) is 11.3 Å². The maximum atomic E-state index is 12.8. The van der Waals surface area contributed by atoms with Gasteiger partial charge in [-0.3, -0.25) is 4.79 Å². The van der Waals surface area contributed by atoms with Gasteiger partial charge in [-0.05, 0) is 36.8 Å². The lowest BCUT2D eigenvalue weighted by atomic mass is 9.88. The van der Waals surface area contributed by atoms with Crippen molar-refractivity contribution in [2.45, 2.75) is 32.4 Å². The molecular formula is C19H22N2O3S. The largest absolute Gasteiger partial charge is 0.493 e. The van der Waals surface area contributed by atoms with E-state index in [0.29, 0.717) is 17.4 Å². The Kier molecular flexibility index (Phi) is 4.07. The summed E-state index contributed by atoms with van der Waals surface area (Å²) in [6.45, 7) is 2.28. The number of hydrogen-bond acceptors (Lipinski definition) is 5. The van der Waals surface area contributed by atoms with Crippen molar-refractivity contribution < 1.29 is 14.3 Å². The van der Waals surface area contributed by atoms with E-state index in [4.69, 9.17) is 9.47 Å². The molecule has 2 atom stereocenters. The van der Waals surface area contributed by atoms with Gasteiger partial charge in [0.2, 0.25) is 0 Å². The monoisotopic (exact) mass is 358 g/mol. The molecule has 6 heteroatoms. The fraction of sp³-hybridized carbons (Fsp3) is 0.421. The van der Waals surface area contributed by atoms with Gasteiger partial charge in [0.1, 0.15) is 11.2 Å². The zero-order chi connectivity index (χ0) is 17.6. The predicted octanol–water partition coefficient (Wildman–Crippen LogP) is 3.74. The molecule has 2 heterocycles. The van der Waals surface area contributed by atoms with E-state index in [-0.39, 0.29) is 12.1 Å². The summed E-state index contributed by atoms with van der Waals surface area (Å²) in [5.74, 6) is 1.97. The zero-order valence-electron chi connectivity index (χ0n) is 14.6. The lowest BCUT2D eigenvalue weighted by Crippen LogP contribution is -2.38. The van der Waals surface area contributed by atoms with Crippen LogP contribution in [0.4, 0.5) is 5.00 Å². The highest BCUT2D eigenvalue weighted by molar-refractivity contribution is 7.16. The Hall–Kier alpha value is -2.21. The average Bonchev–Trinajstić information content (AvgIpc) is 2.98. The molecule has 2 aromatic rings. The molecule has 25 heavy (non-hydrogen) atoms. The van der Waals surface area contributed by atoms with Crippen LogP contribution in [0.2, 0.25) is 0 Å². The second-order valence-electron chi connectivity index (χ2n) is 6.69. The van der Waals surface area contributed by atoms with E-state index in [1.807, 2.05) is 18.2 Å². The van der Waals surface area contributed by atoms with Gasteiger partial charge in [-0.25, -0.2) is 0 Å². The SMILES string of the molecule is COc1cccc([C@H]2NC(=O)c3c(sc4c3CC[C@H](C)C4)N2)c1OC. The Morgan fingerprint density at radius 2 is 2.04 bits per heavy atom. The molecule has 0 bridgehead atoms. The minimum Gasteiger partial charge on any atom is -0.493 e. The van der Waals surface area contributed by atoms with Gasteiger partial charge < -0.3 is 20.1 Å². The van der Waals surface area contributed by atoms with Gasteiger partial charge in [0.05, 0.1) is 19.8 Å². The number of amides is 1. The molecule has 1 aliphatic heterocycles. The number of thiophene rings is 1. The molecule has 0 saturated heterocycles. The maximum Gasteiger partial charge on any atom is 0.256 e. The highest BCUT2D eigenvalue weighted by atomic mass is 32.1. The molecule has 2 N–H and O–H groups in total. The van der Waals surface area contributed by atoms with Crippen LogP contribution in [0.25, 0.3) is 0 Å². The van der Waals surface area contributed by atoms with Crippen molar-refractivity contribution in [3.8, 4) is 11.5 Å². The van der Waals surface area contributed by atoms with Crippen molar-refractivity contribution in [2.75, 3.05) is 19.5 Å². The van der Waals surface area contributed by atoms with Gasteiger partial charge >= 0.3 is 0 Å². The van der Waals surface area contributed by atoms with Gasteiger partial charge in [-0.1, -0.05) is 19.1 Å². The summed E-state index contributed by atoms with van der Waals surface area (Å²) < 4.78 is 10.9. The van der Waals surface area contributed by atoms with Crippen LogP contribution in [0, 0.1) is 5.92 Å². The number of methoxy groups -OCH3 is 2. The summed E-state index contributed by atoms with van der Waals surface area (Å²) in [5, 5.41) is 7.55. The van der Waals surface area contributed by atoms with Gasteiger partial charge in [0, 0.05) is 10.4 Å². The molecular weight excluding hydrogens is 336 g/mol. The van der Waals surface area contributed by atoms with E-state index in [0.717, 1.165) is 35.4 Å². The molecule has 0 unspecified atom stereocenters. The fourth-order valence-electron chi connectivity index (χ4n) is 3.76. The number of fused-ring (bicyclic) bond motifs is 3. The molecule has 1 amide bonds.